The van der Waals surface area contributed by atoms with Crippen LogP contribution in [0.1, 0.15) is 25.3 Å². The van der Waals surface area contributed by atoms with Crippen LogP contribution in [0.4, 0.5) is 17.5 Å². The number of ketones is 1. The number of aliphatic hydroxyl groups is 1. The monoisotopic (exact) mass is 665 g/mol. The smallest absolute Gasteiger partial charge is 0.232 e. The molecule has 1 N–H and O–H groups in total. The molecule has 258 valence electrons. The summed E-state index contributed by atoms with van der Waals surface area (Å²) in [6, 6.07) is 14.4. The van der Waals surface area contributed by atoms with E-state index in [2.05, 4.69) is 70.1 Å². The van der Waals surface area contributed by atoms with Crippen molar-refractivity contribution in [2.75, 3.05) is 100 Å². The van der Waals surface area contributed by atoms with Crippen LogP contribution >= 0.6 is 9.16 Å². The third-order valence-corrected chi connectivity index (χ3v) is 11.2. The van der Waals surface area contributed by atoms with Gasteiger partial charge in [-0.2, -0.15) is 0 Å². The van der Waals surface area contributed by atoms with Gasteiger partial charge in [0.2, 0.25) is 5.95 Å². The van der Waals surface area contributed by atoms with Crippen molar-refractivity contribution in [3.63, 3.8) is 0 Å². The number of nitrogens with zero attached hydrogens (tertiary/aromatic N) is 7. The first-order valence-electron chi connectivity index (χ1n) is 16.9. The van der Waals surface area contributed by atoms with Gasteiger partial charge in [0.25, 0.3) is 0 Å². The van der Waals surface area contributed by atoms with Gasteiger partial charge in [0.05, 0.1) is 25.5 Å². The minimum atomic E-state index is -1.72. The van der Waals surface area contributed by atoms with Crippen LogP contribution in [0.2, 0.25) is 0 Å². The molecule has 0 spiro atoms. The Hall–Kier alpha value is -3.09. The molecule has 47 heavy (non-hydrogen) atoms. The number of aliphatic hydroxyl groups excluding tert-OH is 1. The normalized spacial score (nSPS) is 23.8. The summed E-state index contributed by atoms with van der Waals surface area (Å²) < 4.78 is 6.32. The molecule has 0 amide bonds. The predicted molar refractivity (Wildman–Crippen MR) is 197 cm³/mol. The maximum Gasteiger partial charge on any atom is 0.232 e. The van der Waals surface area contributed by atoms with Crippen LogP contribution in [0.15, 0.2) is 54.9 Å². The summed E-state index contributed by atoms with van der Waals surface area (Å²) in [5, 5.41) is 10.4. The molecule has 4 atom stereocenters. The Balaban J connectivity index is 1.47. The third kappa shape index (κ3) is 9.96. The van der Waals surface area contributed by atoms with E-state index in [0.29, 0.717) is 38.9 Å². The lowest BCUT2D eigenvalue weighted by Crippen LogP contribution is -2.55. The molecule has 3 aromatic rings. The second-order valence-corrected chi connectivity index (χ2v) is 23.8. The molecule has 1 saturated heterocycles. The van der Waals surface area contributed by atoms with Crippen molar-refractivity contribution < 1.29 is 14.6 Å². The molecule has 5 aliphatic rings. The fourth-order valence-electron chi connectivity index (χ4n) is 6.06. The highest BCUT2D eigenvalue weighted by Gasteiger charge is 2.29. The largest absolute Gasteiger partial charge is 0.395 e. The average molecular weight is 666 g/mol. The van der Waals surface area contributed by atoms with E-state index in [0.717, 1.165) is 66.6 Å². The number of benzene rings is 1. The number of Topliss-reactive ketones (excluding diaryl/α,β-unsaturated/α-hetero) is 1. The summed E-state index contributed by atoms with van der Waals surface area (Å²) in [4.78, 5) is 36.4. The lowest BCUT2D eigenvalue weighted by atomic mass is 9.99. The van der Waals surface area contributed by atoms with Crippen molar-refractivity contribution in [3.8, 4) is 11.3 Å². The maximum atomic E-state index is 13.2. The summed E-state index contributed by atoms with van der Waals surface area (Å²) in [5.74, 6) is 2.75. The predicted octanol–water partition coefficient (Wildman–Crippen LogP) is 4.16. The fraction of sp³-hybridized carbons (Fsp3) is 0.556. The zero-order valence-electron chi connectivity index (χ0n) is 29.2. The Morgan fingerprint density at radius 2 is 1.85 bits per heavy atom. The highest BCUT2D eigenvalue weighted by Crippen LogP contribution is 2.54. The molecule has 8 bridgehead atoms. The molecule has 7 heterocycles. The summed E-state index contributed by atoms with van der Waals surface area (Å²) in [6.45, 7) is 7.29. The van der Waals surface area contributed by atoms with Gasteiger partial charge in [-0.05, 0) is 79.5 Å². The average Bonchev–Trinajstić information content (AvgIpc) is 3.04. The summed E-state index contributed by atoms with van der Waals surface area (Å²) in [5.41, 5.74) is 3.79. The van der Waals surface area contributed by atoms with E-state index in [-0.39, 0.29) is 24.3 Å². The van der Waals surface area contributed by atoms with Gasteiger partial charge in [0.1, 0.15) is 18.3 Å². The third-order valence-electron chi connectivity index (χ3n) is 9.24. The van der Waals surface area contributed by atoms with Crippen LogP contribution in [0.3, 0.4) is 0 Å². The number of rotatable bonds is 6. The number of hydrogen-bond acceptors (Lipinski definition) is 10. The number of carbonyl (C=O) groups excluding carboxylic acids is 1. The lowest BCUT2D eigenvalue weighted by Gasteiger charge is -2.46. The number of pyridine rings is 1. The lowest BCUT2D eigenvalue weighted by molar-refractivity contribution is -0.124. The Labute approximate surface area is 281 Å². The number of ether oxygens (including phenoxy) is 1. The molecule has 2 aromatic heterocycles. The first kappa shape index (κ1) is 35.2. The van der Waals surface area contributed by atoms with Crippen molar-refractivity contribution in [1.29, 1.82) is 0 Å². The molecule has 0 aliphatic carbocycles. The van der Waals surface area contributed by atoms with Gasteiger partial charge in [-0.3, -0.25) is 28.7 Å². The number of thiol groups is 1. The second kappa shape index (κ2) is 15.0. The van der Waals surface area contributed by atoms with E-state index in [1.807, 2.05) is 37.2 Å². The molecule has 0 radical (unpaired) electrons. The SMILES string of the molecule is CC1CCCN(C)c2ccc(cn2)-c2ccnc(n2)N(COCC[SH](C)(C)(C)C)c2cccc(c2)CN2CCN(CC1=O)CC2CO. The number of hydrogen-bond donors (Lipinski definition) is 2. The molecule has 1 aromatic carbocycles. The molecule has 11 heteroatoms. The number of anilines is 3. The first-order valence-corrected chi connectivity index (χ1v) is 21.1. The van der Waals surface area contributed by atoms with E-state index >= 15 is 0 Å². The molecule has 4 unspecified atom stereocenters. The van der Waals surface area contributed by atoms with Crippen LogP contribution in [-0.2, 0) is 16.1 Å². The van der Waals surface area contributed by atoms with Crippen molar-refractivity contribution >= 4 is 32.4 Å². The van der Waals surface area contributed by atoms with Crippen molar-refractivity contribution in [3.05, 3.63) is 60.4 Å². The van der Waals surface area contributed by atoms with Crippen LogP contribution < -0.4 is 9.80 Å². The summed E-state index contributed by atoms with van der Waals surface area (Å²) in [7, 11) is 0.326. The van der Waals surface area contributed by atoms with Crippen LogP contribution in [0.25, 0.3) is 11.3 Å². The highest BCUT2D eigenvalue weighted by atomic mass is 32.3. The molecule has 5 aliphatic heterocycles. The van der Waals surface area contributed by atoms with E-state index < -0.39 is 9.16 Å². The second-order valence-electron chi connectivity index (χ2n) is 15.4. The van der Waals surface area contributed by atoms with Gasteiger partial charge in [-0.15, -0.1) is 0 Å². The maximum absolute atomic E-state index is 13.2. The topological polar surface area (TPSA) is 98.2 Å². The zero-order valence-corrected chi connectivity index (χ0v) is 30.1. The fourth-order valence-corrected chi connectivity index (χ4v) is 6.92. The number of aromatic nitrogens is 3. The minimum absolute atomic E-state index is 0.00826. The van der Waals surface area contributed by atoms with E-state index in [4.69, 9.17) is 19.7 Å². The Morgan fingerprint density at radius 3 is 2.60 bits per heavy atom. The number of carbonyl (C=O) groups is 1. The summed E-state index contributed by atoms with van der Waals surface area (Å²) >= 11 is 0. The van der Waals surface area contributed by atoms with Gasteiger partial charge < -0.3 is 14.7 Å². The van der Waals surface area contributed by atoms with E-state index in [9.17, 15) is 9.90 Å². The Bertz CT molecular complexity index is 1490. The van der Waals surface area contributed by atoms with Crippen molar-refractivity contribution in [2.24, 2.45) is 5.92 Å². The van der Waals surface area contributed by atoms with Gasteiger partial charge in [-0.25, -0.2) is 15.0 Å². The molecule has 1 fully saturated rings. The highest BCUT2D eigenvalue weighted by molar-refractivity contribution is 8.47. The standard InChI is InChI=1S/C36H55N7O3S/c1-28-9-8-16-40(2)35-13-12-30(22-38-35)33-14-15-37-36(39-33)43(27-46-19-20-47(3,4,5)6)31-11-7-10-29(21-31)23-42-18-17-41(25-34(28)45)24-32(42)26-44/h7,10-15,21-22,28,32,44,47H,8-9,16-20,23-27H2,1-6H3. The van der Waals surface area contributed by atoms with Crippen LogP contribution in [0, 0.1) is 5.92 Å². The number of piperazine rings is 1. The molecule has 0 saturated carbocycles. The van der Waals surface area contributed by atoms with Crippen LogP contribution in [0.5, 0.6) is 0 Å². The van der Waals surface area contributed by atoms with Crippen molar-refractivity contribution in [2.45, 2.75) is 32.4 Å². The minimum Gasteiger partial charge on any atom is -0.395 e. The van der Waals surface area contributed by atoms with Gasteiger partial charge in [0.15, 0.2) is 0 Å². The van der Waals surface area contributed by atoms with E-state index in [1.165, 1.54) is 0 Å². The Morgan fingerprint density at radius 1 is 1.02 bits per heavy atom. The molecule has 10 nitrogen and oxygen atoms in total. The van der Waals surface area contributed by atoms with E-state index in [1.54, 1.807) is 6.20 Å². The van der Waals surface area contributed by atoms with Crippen molar-refractivity contribution in [1.82, 2.24) is 24.8 Å². The van der Waals surface area contributed by atoms with Gasteiger partial charge in [-0.1, -0.05) is 19.1 Å². The molecular weight excluding hydrogens is 611 g/mol. The first-order chi connectivity index (χ1) is 22.3. The van der Waals surface area contributed by atoms with Crippen LogP contribution in [-0.4, -0.2) is 132 Å². The van der Waals surface area contributed by atoms with Gasteiger partial charge >= 0.3 is 0 Å². The quantitative estimate of drug-likeness (QED) is 0.295. The van der Waals surface area contributed by atoms with Gasteiger partial charge in [0, 0.05) is 75.4 Å². The zero-order chi connectivity index (χ0) is 33.6. The summed E-state index contributed by atoms with van der Waals surface area (Å²) in [6.07, 6.45) is 14.9. The Kier molecular flexibility index (Phi) is 11.2. The molecule has 8 rings (SSSR count). The molecular formula is C36H55N7O3S.